The summed E-state index contributed by atoms with van der Waals surface area (Å²) in [6.45, 7) is 9.52. The van der Waals surface area contributed by atoms with Crippen molar-refractivity contribution in [3.63, 3.8) is 0 Å². The van der Waals surface area contributed by atoms with Gasteiger partial charge in [0.25, 0.3) is 0 Å². The molecule has 1 amide bonds. The fourth-order valence-electron chi connectivity index (χ4n) is 2.85. The summed E-state index contributed by atoms with van der Waals surface area (Å²) in [5, 5.41) is 12.3. The van der Waals surface area contributed by atoms with Crippen LogP contribution in [0.3, 0.4) is 0 Å². The van der Waals surface area contributed by atoms with Crippen molar-refractivity contribution >= 4 is 17.7 Å². The van der Waals surface area contributed by atoms with Gasteiger partial charge in [-0.2, -0.15) is 5.26 Å². The molecule has 1 aliphatic rings. The third kappa shape index (κ3) is 2.37. The van der Waals surface area contributed by atoms with E-state index in [9.17, 15) is 14.9 Å². The lowest BCUT2D eigenvalue weighted by Crippen LogP contribution is -2.43. The number of anilines is 1. The number of nitriles is 1. The van der Waals surface area contributed by atoms with Crippen molar-refractivity contribution in [1.82, 2.24) is 4.57 Å². The van der Waals surface area contributed by atoms with E-state index in [4.69, 9.17) is 4.74 Å². The highest BCUT2D eigenvalue weighted by atomic mass is 16.5. The molecule has 0 aliphatic carbocycles. The molecule has 6 nitrogen and oxygen atoms in total. The maximum absolute atomic E-state index is 12.4. The molecular formula is C16H21N3O3. The Labute approximate surface area is 130 Å². The number of ether oxygens (including phenoxy) is 1. The van der Waals surface area contributed by atoms with Gasteiger partial charge in [0.05, 0.1) is 12.2 Å². The van der Waals surface area contributed by atoms with Gasteiger partial charge in [-0.15, -0.1) is 0 Å². The van der Waals surface area contributed by atoms with Crippen LogP contribution in [0.15, 0.2) is 6.20 Å². The standard InChI is InChI=1S/C16H21N3O3/c1-6-22-14(21)16(5)7-11(20)18-13-12(16)10(8-17)9-19(13)15(2,3)4/h9H,6-7H2,1-5H3,(H,18,20)/t16-/m1/s1. The number of carbonyl (C=O) groups excluding carboxylic acids is 2. The molecule has 118 valence electrons. The molecule has 1 aromatic heterocycles. The number of nitrogens with zero attached hydrogens (tertiary/aromatic N) is 2. The Morgan fingerprint density at radius 3 is 2.68 bits per heavy atom. The molecule has 22 heavy (non-hydrogen) atoms. The van der Waals surface area contributed by atoms with Gasteiger partial charge in [-0.05, 0) is 34.6 Å². The zero-order chi connectivity index (χ0) is 16.7. The van der Waals surface area contributed by atoms with Crippen LogP contribution in [0.25, 0.3) is 0 Å². The van der Waals surface area contributed by atoms with E-state index in [0.29, 0.717) is 16.9 Å². The van der Waals surface area contributed by atoms with E-state index in [1.54, 1.807) is 20.0 Å². The van der Waals surface area contributed by atoms with Crippen molar-refractivity contribution < 1.29 is 14.3 Å². The molecule has 0 fully saturated rings. The predicted molar refractivity (Wildman–Crippen MR) is 81.4 cm³/mol. The molecular weight excluding hydrogens is 282 g/mol. The summed E-state index contributed by atoms with van der Waals surface area (Å²) in [6, 6.07) is 2.13. The predicted octanol–water partition coefficient (Wildman–Crippen LogP) is 2.28. The maximum Gasteiger partial charge on any atom is 0.316 e. The van der Waals surface area contributed by atoms with Crippen LogP contribution in [0.5, 0.6) is 0 Å². The molecule has 0 bridgehead atoms. The van der Waals surface area contributed by atoms with Crippen molar-refractivity contribution in [3.8, 4) is 6.07 Å². The Balaban J connectivity index is 2.73. The first-order valence-corrected chi connectivity index (χ1v) is 7.28. The Kier molecular flexibility index (Phi) is 3.78. The van der Waals surface area contributed by atoms with Gasteiger partial charge in [-0.25, -0.2) is 0 Å². The van der Waals surface area contributed by atoms with Crippen LogP contribution in [0.2, 0.25) is 0 Å². The Bertz CT molecular complexity index is 676. The van der Waals surface area contributed by atoms with Crippen LogP contribution in [0.4, 0.5) is 5.82 Å². The van der Waals surface area contributed by atoms with Gasteiger partial charge in [0.15, 0.2) is 0 Å². The minimum absolute atomic E-state index is 0.0261. The summed E-state index contributed by atoms with van der Waals surface area (Å²) in [5.41, 5.74) is -0.544. The number of nitrogens with one attached hydrogen (secondary N) is 1. The van der Waals surface area contributed by atoms with E-state index in [0.717, 1.165) is 0 Å². The molecule has 0 saturated heterocycles. The van der Waals surface area contributed by atoms with Crippen molar-refractivity contribution in [2.24, 2.45) is 0 Å². The maximum atomic E-state index is 12.4. The highest BCUT2D eigenvalue weighted by Gasteiger charge is 2.48. The second kappa shape index (κ2) is 5.16. The Morgan fingerprint density at radius 2 is 2.18 bits per heavy atom. The second-order valence-corrected chi connectivity index (χ2v) is 6.70. The van der Waals surface area contributed by atoms with E-state index < -0.39 is 11.4 Å². The van der Waals surface area contributed by atoms with E-state index in [-0.39, 0.29) is 24.5 Å². The van der Waals surface area contributed by atoms with E-state index in [1.807, 2.05) is 25.3 Å². The molecule has 1 N–H and O–H groups in total. The number of hydrogen-bond donors (Lipinski definition) is 1. The summed E-state index contributed by atoms with van der Waals surface area (Å²) >= 11 is 0. The van der Waals surface area contributed by atoms with Gasteiger partial charge in [0.2, 0.25) is 5.91 Å². The molecule has 1 aliphatic heterocycles. The first kappa shape index (κ1) is 16.1. The van der Waals surface area contributed by atoms with Crippen LogP contribution in [0.1, 0.15) is 52.2 Å². The number of hydrogen-bond acceptors (Lipinski definition) is 4. The Morgan fingerprint density at radius 1 is 1.55 bits per heavy atom. The number of rotatable bonds is 2. The topological polar surface area (TPSA) is 84.1 Å². The number of esters is 1. The van der Waals surface area contributed by atoms with Gasteiger partial charge in [-0.3, -0.25) is 9.59 Å². The van der Waals surface area contributed by atoms with Crippen LogP contribution in [-0.4, -0.2) is 23.1 Å². The van der Waals surface area contributed by atoms with Gasteiger partial charge >= 0.3 is 5.97 Å². The lowest BCUT2D eigenvalue weighted by atomic mass is 9.76. The van der Waals surface area contributed by atoms with Gasteiger partial charge < -0.3 is 14.6 Å². The molecule has 0 unspecified atom stereocenters. The first-order valence-electron chi connectivity index (χ1n) is 7.28. The zero-order valence-electron chi connectivity index (χ0n) is 13.6. The Hall–Kier alpha value is -2.29. The average Bonchev–Trinajstić information content (AvgIpc) is 2.77. The zero-order valence-corrected chi connectivity index (χ0v) is 13.6. The summed E-state index contributed by atoms with van der Waals surface area (Å²) in [5.74, 6) is -0.221. The summed E-state index contributed by atoms with van der Waals surface area (Å²) < 4.78 is 6.98. The summed E-state index contributed by atoms with van der Waals surface area (Å²) in [6.07, 6.45) is 1.66. The normalized spacial score (nSPS) is 20.8. The summed E-state index contributed by atoms with van der Waals surface area (Å²) in [7, 11) is 0. The van der Waals surface area contributed by atoms with Crippen molar-refractivity contribution in [1.29, 1.82) is 5.26 Å². The van der Waals surface area contributed by atoms with Crippen LogP contribution in [0, 0.1) is 11.3 Å². The average molecular weight is 303 g/mol. The van der Waals surface area contributed by atoms with E-state index >= 15 is 0 Å². The molecule has 0 saturated carbocycles. The molecule has 6 heteroatoms. The van der Waals surface area contributed by atoms with Gasteiger partial charge in [0.1, 0.15) is 17.3 Å². The summed E-state index contributed by atoms with van der Waals surface area (Å²) in [4.78, 5) is 24.5. The fourth-order valence-corrected chi connectivity index (χ4v) is 2.85. The van der Waals surface area contributed by atoms with Crippen molar-refractivity contribution in [2.45, 2.75) is 52.0 Å². The largest absolute Gasteiger partial charge is 0.465 e. The number of amides is 1. The quantitative estimate of drug-likeness (QED) is 0.849. The van der Waals surface area contributed by atoms with Crippen molar-refractivity contribution in [3.05, 3.63) is 17.3 Å². The monoisotopic (exact) mass is 303 g/mol. The first-order chi connectivity index (χ1) is 10.1. The molecule has 1 aromatic rings. The van der Waals surface area contributed by atoms with Crippen LogP contribution in [-0.2, 0) is 25.3 Å². The van der Waals surface area contributed by atoms with Crippen LogP contribution >= 0.6 is 0 Å². The highest BCUT2D eigenvalue weighted by Crippen LogP contribution is 2.43. The molecule has 0 spiro atoms. The number of carbonyl (C=O) groups is 2. The molecule has 2 rings (SSSR count). The molecule has 0 aromatic carbocycles. The van der Waals surface area contributed by atoms with Crippen LogP contribution < -0.4 is 5.32 Å². The fraction of sp³-hybridized carbons (Fsp3) is 0.562. The van der Waals surface area contributed by atoms with Gasteiger partial charge in [0, 0.05) is 23.7 Å². The smallest absolute Gasteiger partial charge is 0.316 e. The molecule has 1 atom stereocenters. The van der Waals surface area contributed by atoms with Crippen molar-refractivity contribution in [2.75, 3.05) is 11.9 Å². The van der Waals surface area contributed by atoms with E-state index in [2.05, 4.69) is 11.4 Å². The number of aromatic nitrogens is 1. The third-order valence-electron chi connectivity index (χ3n) is 3.90. The third-order valence-corrected chi connectivity index (χ3v) is 3.90. The lowest BCUT2D eigenvalue weighted by Gasteiger charge is -2.34. The highest BCUT2D eigenvalue weighted by molar-refractivity contribution is 6.02. The minimum Gasteiger partial charge on any atom is -0.465 e. The number of fused-ring (bicyclic) bond motifs is 1. The van der Waals surface area contributed by atoms with E-state index in [1.165, 1.54) is 0 Å². The molecule has 0 radical (unpaired) electrons. The SMILES string of the molecule is CCOC(=O)[C@]1(C)CC(=O)Nc2c1c(C#N)cn2C(C)(C)C. The molecule has 2 heterocycles. The minimum atomic E-state index is -1.14. The lowest BCUT2D eigenvalue weighted by molar-refractivity contribution is -0.151. The van der Waals surface area contributed by atoms with Gasteiger partial charge in [-0.1, -0.05) is 0 Å². The second-order valence-electron chi connectivity index (χ2n) is 6.70.